The third kappa shape index (κ3) is 3.23. The number of aromatic nitrogens is 1. The summed E-state index contributed by atoms with van der Waals surface area (Å²) in [6.45, 7) is 2.85. The molecule has 0 unspecified atom stereocenters. The lowest BCUT2D eigenvalue weighted by Gasteiger charge is -2.19. The number of rotatable bonds is 4. The van der Waals surface area contributed by atoms with Crippen molar-refractivity contribution in [3.63, 3.8) is 0 Å². The van der Waals surface area contributed by atoms with E-state index < -0.39 is 15.9 Å². The number of hydrogen-bond acceptors (Lipinski definition) is 7. The van der Waals surface area contributed by atoms with Crippen molar-refractivity contribution in [1.82, 2.24) is 4.98 Å². The van der Waals surface area contributed by atoms with Crippen LogP contribution in [-0.4, -0.2) is 32.9 Å². The molecule has 0 radical (unpaired) electrons. The van der Waals surface area contributed by atoms with Crippen LogP contribution in [0.3, 0.4) is 0 Å². The van der Waals surface area contributed by atoms with Gasteiger partial charge in [0.1, 0.15) is 11.6 Å². The van der Waals surface area contributed by atoms with Gasteiger partial charge in [-0.15, -0.1) is 11.3 Å². The highest BCUT2D eigenvalue weighted by Crippen LogP contribution is 2.34. The van der Waals surface area contributed by atoms with Crippen LogP contribution < -0.4 is 0 Å². The fourth-order valence-corrected chi connectivity index (χ4v) is 2.69. The predicted octanol–water partition coefficient (Wildman–Crippen LogP) is 0.839. The average Bonchev–Trinajstić information content (AvgIpc) is 2.83. The molecule has 2 rings (SSSR count). The summed E-state index contributed by atoms with van der Waals surface area (Å²) < 4.78 is 37.3. The van der Waals surface area contributed by atoms with Gasteiger partial charge in [-0.25, -0.2) is 4.98 Å². The minimum absolute atomic E-state index is 0.0560. The van der Waals surface area contributed by atoms with Crippen LogP contribution in [-0.2, 0) is 36.2 Å². The highest BCUT2D eigenvalue weighted by Gasteiger charge is 2.35. The lowest BCUT2D eigenvalue weighted by molar-refractivity contribution is -0.147. The Morgan fingerprint density at radius 1 is 1.53 bits per heavy atom. The molecule has 0 aromatic carbocycles. The number of nitrogens with zero attached hydrogens (tertiary/aromatic N) is 1. The van der Waals surface area contributed by atoms with Crippen LogP contribution in [0.15, 0.2) is 6.20 Å². The molecule has 8 heteroatoms. The molecule has 1 fully saturated rings. The van der Waals surface area contributed by atoms with Crippen molar-refractivity contribution in [3.8, 4) is 0 Å². The first-order valence-electron chi connectivity index (χ1n) is 4.96. The Bertz CT molecular complexity index is 489. The van der Waals surface area contributed by atoms with Gasteiger partial charge in [-0.1, -0.05) is 0 Å². The van der Waals surface area contributed by atoms with Crippen LogP contribution in [0.1, 0.15) is 16.8 Å². The van der Waals surface area contributed by atoms with E-state index in [1.54, 1.807) is 6.20 Å². The molecule has 0 N–H and O–H groups in total. The molecule has 0 aliphatic carbocycles. The molecule has 1 aromatic rings. The average molecular weight is 279 g/mol. The zero-order valence-electron chi connectivity index (χ0n) is 9.50. The van der Waals surface area contributed by atoms with E-state index in [0.717, 1.165) is 11.1 Å². The second kappa shape index (κ2) is 4.62. The van der Waals surface area contributed by atoms with Crippen LogP contribution in [0.25, 0.3) is 0 Å². The fraction of sp³-hybridized carbons (Fsp3) is 0.667. The van der Waals surface area contributed by atoms with Crippen LogP contribution in [0.4, 0.5) is 0 Å². The van der Waals surface area contributed by atoms with Crippen molar-refractivity contribution >= 4 is 21.5 Å². The standard InChI is InChI=1S/C9H13NO5S2/c1-9(13-3-4-14-9)7-5-10-8(16-7)6-15-17(2,11)12/h5H,3-4,6H2,1-2H3. The normalized spacial score (nSPS) is 19.6. The molecule has 1 aliphatic heterocycles. The van der Waals surface area contributed by atoms with Crippen molar-refractivity contribution < 1.29 is 22.1 Å². The maximum atomic E-state index is 10.8. The second-order valence-electron chi connectivity index (χ2n) is 3.73. The monoisotopic (exact) mass is 279 g/mol. The quantitative estimate of drug-likeness (QED) is 0.760. The minimum atomic E-state index is -3.44. The van der Waals surface area contributed by atoms with Crippen LogP contribution in [0.5, 0.6) is 0 Å². The summed E-state index contributed by atoms with van der Waals surface area (Å²) in [4.78, 5) is 4.89. The van der Waals surface area contributed by atoms with E-state index in [1.165, 1.54) is 11.3 Å². The van der Waals surface area contributed by atoms with Gasteiger partial charge in [0, 0.05) is 6.20 Å². The molecule has 0 atom stereocenters. The van der Waals surface area contributed by atoms with Crippen molar-refractivity contribution in [3.05, 3.63) is 16.1 Å². The maximum absolute atomic E-state index is 10.8. The highest BCUT2D eigenvalue weighted by atomic mass is 32.2. The largest absolute Gasteiger partial charge is 0.343 e. The molecule has 17 heavy (non-hydrogen) atoms. The minimum Gasteiger partial charge on any atom is -0.343 e. The SMILES string of the molecule is CC1(c2cnc(COS(C)(=O)=O)s2)OCCO1. The summed E-state index contributed by atoms with van der Waals surface area (Å²) >= 11 is 1.32. The van der Waals surface area contributed by atoms with Gasteiger partial charge >= 0.3 is 0 Å². The molecule has 0 bridgehead atoms. The Morgan fingerprint density at radius 3 is 2.76 bits per heavy atom. The lowest BCUT2D eigenvalue weighted by Crippen LogP contribution is -2.20. The van der Waals surface area contributed by atoms with E-state index >= 15 is 0 Å². The Morgan fingerprint density at radius 2 is 2.18 bits per heavy atom. The van der Waals surface area contributed by atoms with Crippen LogP contribution in [0.2, 0.25) is 0 Å². The first-order chi connectivity index (χ1) is 7.89. The van der Waals surface area contributed by atoms with Crippen molar-refractivity contribution in [2.45, 2.75) is 19.3 Å². The molecule has 1 aliphatic rings. The highest BCUT2D eigenvalue weighted by molar-refractivity contribution is 7.85. The molecule has 1 saturated heterocycles. The number of ether oxygens (including phenoxy) is 2. The molecule has 1 aromatic heterocycles. The van der Waals surface area contributed by atoms with Crippen molar-refractivity contribution in [2.75, 3.05) is 19.5 Å². The zero-order valence-corrected chi connectivity index (χ0v) is 11.1. The summed E-state index contributed by atoms with van der Waals surface area (Å²) in [7, 11) is -3.44. The van der Waals surface area contributed by atoms with E-state index in [-0.39, 0.29) is 6.61 Å². The molecular weight excluding hydrogens is 266 g/mol. The Hall–Kier alpha value is -0.540. The lowest BCUT2D eigenvalue weighted by atomic mass is 10.3. The maximum Gasteiger partial charge on any atom is 0.264 e. The van der Waals surface area contributed by atoms with Crippen LogP contribution >= 0.6 is 11.3 Å². The fourth-order valence-electron chi connectivity index (χ4n) is 1.40. The summed E-state index contributed by atoms with van der Waals surface area (Å²) in [5.74, 6) is -0.763. The summed E-state index contributed by atoms with van der Waals surface area (Å²) in [5, 5.41) is 0.575. The van der Waals surface area contributed by atoms with Gasteiger partial charge in [-0.05, 0) is 6.92 Å². The van der Waals surface area contributed by atoms with Gasteiger partial charge in [0.15, 0.2) is 0 Å². The van der Waals surface area contributed by atoms with Gasteiger partial charge in [0.2, 0.25) is 5.79 Å². The van der Waals surface area contributed by atoms with E-state index in [9.17, 15) is 8.42 Å². The number of hydrogen-bond donors (Lipinski definition) is 0. The summed E-state index contributed by atoms with van der Waals surface area (Å²) in [5.41, 5.74) is 0. The van der Waals surface area contributed by atoms with Gasteiger partial charge in [-0.3, -0.25) is 4.18 Å². The van der Waals surface area contributed by atoms with E-state index in [4.69, 9.17) is 9.47 Å². The summed E-state index contributed by atoms with van der Waals surface area (Å²) in [6.07, 6.45) is 2.63. The molecule has 0 saturated carbocycles. The third-order valence-corrected chi connectivity index (χ3v) is 3.94. The van der Waals surface area contributed by atoms with Gasteiger partial charge in [-0.2, -0.15) is 8.42 Å². The first kappa shape index (κ1) is 12.9. The van der Waals surface area contributed by atoms with E-state index in [1.807, 2.05) is 6.92 Å². The van der Waals surface area contributed by atoms with Gasteiger partial charge < -0.3 is 9.47 Å². The zero-order chi connectivity index (χ0) is 12.5. The molecule has 0 spiro atoms. The Kier molecular flexibility index (Phi) is 3.50. The van der Waals surface area contributed by atoms with Gasteiger partial charge in [0.05, 0.1) is 24.3 Å². The number of thiazole rings is 1. The van der Waals surface area contributed by atoms with Crippen molar-refractivity contribution in [1.29, 1.82) is 0 Å². The van der Waals surface area contributed by atoms with E-state index in [0.29, 0.717) is 18.2 Å². The van der Waals surface area contributed by atoms with Crippen LogP contribution in [0, 0.1) is 0 Å². The smallest absolute Gasteiger partial charge is 0.264 e. The second-order valence-corrected chi connectivity index (χ2v) is 6.49. The first-order valence-corrected chi connectivity index (χ1v) is 7.60. The molecule has 6 nitrogen and oxygen atoms in total. The van der Waals surface area contributed by atoms with Gasteiger partial charge in [0.25, 0.3) is 10.1 Å². The summed E-state index contributed by atoms with van der Waals surface area (Å²) in [6, 6.07) is 0. The predicted molar refractivity (Wildman–Crippen MR) is 61.0 cm³/mol. The van der Waals surface area contributed by atoms with E-state index in [2.05, 4.69) is 9.17 Å². The molecule has 96 valence electrons. The topological polar surface area (TPSA) is 74.7 Å². The molecular formula is C9H13NO5S2. The Balaban J connectivity index is 2.06. The Labute approximate surface area is 104 Å². The molecule has 0 amide bonds. The molecule has 2 heterocycles. The third-order valence-electron chi connectivity index (χ3n) is 2.24. The van der Waals surface area contributed by atoms with Crippen molar-refractivity contribution in [2.24, 2.45) is 0 Å².